The predicted octanol–water partition coefficient (Wildman–Crippen LogP) is 0.509. The second kappa shape index (κ2) is 6.41. The fourth-order valence-corrected chi connectivity index (χ4v) is 4.05. The smallest absolute Gasteiger partial charge is 0.369 e. The number of halogens is 1. The molecule has 10 heteroatoms. The van der Waals surface area contributed by atoms with Crippen LogP contribution in [0.3, 0.4) is 0 Å². The lowest BCUT2D eigenvalue weighted by Crippen LogP contribution is -2.31. The first-order chi connectivity index (χ1) is 14.0. The van der Waals surface area contributed by atoms with Crippen LogP contribution >= 0.6 is 0 Å². The molecule has 0 bridgehead atoms. The van der Waals surface area contributed by atoms with E-state index in [1.807, 2.05) is 0 Å². The molecule has 1 amide bonds. The van der Waals surface area contributed by atoms with Crippen LogP contribution in [0.2, 0.25) is 0 Å². The topological polar surface area (TPSA) is 124 Å². The fourth-order valence-electron chi connectivity index (χ4n) is 4.05. The number of aromatic nitrogens is 4. The summed E-state index contributed by atoms with van der Waals surface area (Å²) in [5, 5.41) is 0. The molecule has 0 saturated heterocycles. The summed E-state index contributed by atoms with van der Waals surface area (Å²) in [4.78, 5) is 37.2. The third kappa shape index (κ3) is 2.82. The van der Waals surface area contributed by atoms with Gasteiger partial charge in [0.05, 0.1) is 6.20 Å². The number of carbonyl (C=O) groups excluding carboxylic acids is 1. The van der Waals surface area contributed by atoms with Crippen LogP contribution in [-0.2, 0) is 4.79 Å². The summed E-state index contributed by atoms with van der Waals surface area (Å²) >= 11 is 0. The van der Waals surface area contributed by atoms with Crippen LogP contribution in [0.15, 0.2) is 35.2 Å². The van der Waals surface area contributed by atoms with E-state index in [0.29, 0.717) is 48.4 Å². The minimum Gasteiger partial charge on any atom is -0.369 e. The largest absolute Gasteiger partial charge is 0.392 e. The van der Waals surface area contributed by atoms with Crippen LogP contribution in [-0.4, -0.2) is 42.0 Å². The highest BCUT2D eigenvalue weighted by Gasteiger charge is 2.35. The molecule has 2 aromatic rings. The number of nitrogens with two attached hydrogens (primary N) is 1. The monoisotopic (exact) mass is 394 g/mol. The second-order valence-corrected chi connectivity index (χ2v) is 7.29. The minimum absolute atomic E-state index is 0.0850. The zero-order chi connectivity index (χ0) is 20.1. The molecule has 9 nitrogen and oxygen atoms in total. The number of fused-ring (bicyclic) bond motifs is 2. The molecule has 146 valence electrons. The molecule has 0 radical (unpaired) electrons. The van der Waals surface area contributed by atoms with Crippen molar-refractivity contribution in [3.63, 3.8) is 0 Å². The predicted molar refractivity (Wildman–Crippen MR) is 104 cm³/mol. The number of aromatic amines is 1. The van der Waals surface area contributed by atoms with Crippen molar-refractivity contribution < 1.29 is 9.18 Å². The van der Waals surface area contributed by atoms with E-state index >= 15 is 0 Å². The maximum absolute atomic E-state index is 13.7. The van der Waals surface area contributed by atoms with E-state index in [0.717, 1.165) is 0 Å². The Hall–Kier alpha value is -3.74. The lowest BCUT2D eigenvalue weighted by molar-refractivity contribution is -0.122. The number of nitrogens with zero attached hydrogens (tertiary/aromatic N) is 5. The van der Waals surface area contributed by atoms with Gasteiger partial charge < -0.3 is 10.7 Å². The first-order valence-corrected chi connectivity index (χ1v) is 9.33. The molecular weight excluding hydrogens is 377 g/mol. The van der Waals surface area contributed by atoms with Gasteiger partial charge in [0.25, 0.3) is 5.70 Å². The third-order valence-corrected chi connectivity index (χ3v) is 5.54. The van der Waals surface area contributed by atoms with E-state index in [9.17, 15) is 14.0 Å². The highest BCUT2D eigenvalue weighted by Crippen LogP contribution is 2.32. The maximum atomic E-state index is 13.7. The van der Waals surface area contributed by atoms with Gasteiger partial charge in [0.1, 0.15) is 11.7 Å². The van der Waals surface area contributed by atoms with E-state index in [2.05, 4.69) is 25.5 Å². The lowest BCUT2D eigenvalue weighted by Gasteiger charge is -2.27. The molecule has 4 heterocycles. The number of allylic oxidation sites excluding steroid dienone is 2. The molecule has 1 fully saturated rings. The Kier molecular flexibility index (Phi) is 3.84. The number of rotatable bonds is 3. The highest BCUT2D eigenvalue weighted by molar-refractivity contribution is 6.10. The average molecular weight is 394 g/mol. The minimum atomic E-state index is -0.420. The van der Waals surface area contributed by atoms with E-state index in [1.165, 1.54) is 29.4 Å². The Morgan fingerprint density at radius 2 is 2.10 bits per heavy atom. The van der Waals surface area contributed by atoms with Gasteiger partial charge in [0, 0.05) is 18.0 Å². The van der Waals surface area contributed by atoms with Crippen molar-refractivity contribution in [2.45, 2.75) is 31.7 Å². The molecule has 3 N–H and O–H groups in total. The molecule has 2 aliphatic heterocycles. The summed E-state index contributed by atoms with van der Waals surface area (Å²) in [6.45, 7) is 0. The Morgan fingerprint density at radius 3 is 2.86 bits per heavy atom. The van der Waals surface area contributed by atoms with Crippen molar-refractivity contribution in [3.05, 3.63) is 46.7 Å². The van der Waals surface area contributed by atoms with Gasteiger partial charge in [0.15, 0.2) is 11.5 Å². The Morgan fingerprint density at radius 1 is 1.31 bits per heavy atom. The van der Waals surface area contributed by atoms with E-state index < -0.39 is 5.83 Å². The number of hydrogen-bond donors (Lipinski definition) is 2. The fraction of sp³-hybridized carbons (Fsp3) is 0.316. The molecule has 5 rings (SSSR count). The number of carbonyl (C=O) groups is 1. The molecule has 0 atom stereocenters. The van der Waals surface area contributed by atoms with E-state index in [4.69, 9.17) is 5.73 Å². The van der Waals surface area contributed by atoms with Crippen molar-refractivity contribution in [3.8, 4) is 0 Å². The number of amidine groups is 1. The number of imidazole rings is 1. The van der Waals surface area contributed by atoms with Crippen LogP contribution in [0, 0.1) is 5.92 Å². The first kappa shape index (κ1) is 17.4. The maximum Gasteiger partial charge on any atom is 0.392 e. The summed E-state index contributed by atoms with van der Waals surface area (Å²) in [6, 6.07) is -0.0850. The summed E-state index contributed by atoms with van der Waals surface area (Å²) < 4.78 is 19.4. The molecule has 1 aliphatic carbocycles. The Labute approximate surface area is 163 Å². The molecule has 1 saturated carbocycles. The number of H-pyrrole nitrogens is 1. The third-order valence-electron chi connectivity index (χ3n) is 5.54. The molecule has 0 aromatic carbocycles. The number of nitrogens with one attached hydrogen (secondary N) is 1. The number of hydrogen-bond acceptors (Lipinski definition) is 5. The normalized spacial score (nSPS) is 23.1. The van der Waals surface area contributed by atoms with Crippen molar-refractivity contribution >= 4 is 34.5 Å². The summed E-state index contributed by atoms with van der Waals surface area (Å²) in [7, 11) is 0. The van der Waals surface area contributed by atoms with Crippen molar-refractivity contribution in [2.24, 2.45) is 11.7 Å². The van der Waals surface area contributed by atoms with Crippen molar-refractivity contribution in [2.75, 3.05) is 0 Å². The van der Waals surface area contributed by atoms with Crippen LogP contribution in [0.25, 0.3) is 16.9 Å². The Balaban J connectivity index is 1.54. The highest BCUT2D eigenvalue weighted by atomic mass is 19.1. The van der Waals surface area contributed by atoms with Gasteiger partial charge in [-0.3, -0.25) is 9.36 Å². The zero-order valence-corrected chi connectivity index (χ0v) is 15.3. The summed E-state index contributed by atoms with van der Waals surface area (Å²) in [6.07, 6.45) is 8.26. The zero-order valence-electron chi connectivity index (χ0n) is 15.3. The van der Waals surface area contributed by atoms with Gasteiger partial charge in [-0.15, -0.1) is 4.67 Å². The number of primary amides is 1. The average Bonchev–Trinajstić information content (AvgIpc) is 3.27. The van der Waals surface area contributed by atoms with Gasteiger partial charge in [0.2, 0.25) is 17.6 Å². The number of amides is 1. The summed E-state index contributed by atoms with van der Waals surface area (Å²) in [5.74, 6) is 2.75. The van der Waals surface area contributed by atoms with Gasteiger partial charge in [-0.05, 0) is 31.8 Å². The molecule has 2 aromatic heterocycles. The standard InChI is InChI=1S/C19H16FN7O2/c20-11-3-6-15-22-8-14(26(15)9-11)17-23-7-13-18(25-17)27(19(29)24-13)12-4-1-10(2-5-12)16(21)28/h3,6-7,9-10,12H,1-2,4-5H2,(H2-,21,24,28,29)/p+1. The van der Waals surface area contributed by atoms with Gasteiger partial charge >= 0.3 is 11.5 Å². The summed E-state index contributed by atoms with van der Waals surface area (Å²) in [5.41, 5.74) is 6.51. The SMILES string of the molecule is NC(=O)C1CCC(n2c(=O)[nH]c3cnc(C4=C=[N+]=C5C=CC(F)=CN45)nc32)CC1. The quantitative estimate of drug-likeness (QED) is 0.734. The molecule has 3 aliphatic rings. The van der Waals surface area contributed by atoms with Crippen LogP contribution in [0.1, 0.15) is 37.5 Å². The van der Waals surface area contributed by atoms with E-state index in [-0.39, 0.29) is 29.4 Å². The van der Waals surface area contributed by atoms with Crippen LogP contribution < -0.4 is 16.1 Å². The second-order valence-electron chi connectivity index (χ2n) is 7.29. The molecular formula is C19H17FN7O2+. The molecule has 29 heavy (non-hydrogen) atoms. The molecule has 0 spiro atoms. The van der Waals surface area contributed by atoms with Crippen LogP contribution in [0.4, 0.5) is 4.39 Å². The van der Waals surface area contributed by atoms with Gasteiger partial charge in [-0.1, -0.05) is 0 Å². The van der Waals surface area contributed by atoms with Crippen molar-refractivity contribution in [1.29, 1.82) is 0 Å². The lowest BCUT2D eigenvalue weighted by atomic mass is 9.85. The van der Waals surface area contributed by atoms with Crippen LogP contribution in [0.5, 0.6) is 0 Å². The van der Waals surface area contributed by atoms with Gasteiger partial charge in [-0.25, -0.2) is 19.2 Å². The van der Waals surface area contributed by atoms with Gasteiger partial charge in [-0.2, -0.15) is 4.90 Å². The first-order valence-electron chi connectivity index (χ1n) is 9.33. The Bertz CT molecular complexity index is 1260. The van der Waals surface area contributed by atoms with Crippen molar-refractivity contribution in [1.82, 2.24) is 29.1 Å². The van der Waals surface area contributed by atoms with E-state index in [1.54, 1.807) is 4.57 Å². The molecule has 0 unspecified atom stereocenters.